The average molecular weight is 406 g/mol. The van der Waals surface area contributed by atoms with Gasteiger partial charge in [0.15, 0.2) is 6.10 Å². The Kier molecular flexibility index (Phi) is 7.40. The van der Waals surface area contributed by atoms with Gasteiger partial charge in [-0.2, -0.15) is 0 Å². The summed E-state index contributed by atoms with van der Waals surface area (Å²) >= 11 is 5.94. The summed E-state index contributed by atoms with van der Waals surface area (Å²) in [5.74, 6) is -1.31. The van der Waals surface area contributed by atoms with Crippen LogP contribution < -0.4 is 10.1 Å². The molecular weight excluding hydrogens is 386 g/mol. The lowest BCUT2D eigenvalue weighted by Crippen LogP contribution is -2.33. The van der Waals surface area contributed by atoms with Crippen LogP contribution in [0.25, 0.3) is 0 Å². The molecule has 2 aromatic rings. The minimum Gasteiger partial charge on any atom is -0.481 e. The van der Waals surface area contributed by atoms with Crippen LogP contribution in [0.3, 0.4) is 0 Å². The molecule has 0 radical (unpaired) electrons. The summed E-state index contributed by atoms with van der Waals surface area (Å²) in [4.78, 5) is 36.5. The number of carbonyl (C=O) groups is 3. The lowest BCUT2D eigenvalue weighted by molar-refractivity contribution is -0.122. The molecule has 0 aliphatic rings. The summed E-state index contributed by atoms with van der Waals surface area (Å²) in [6.07, 6.45) is -0.478. The monoisotopic (exact) mass is 405 g/mol. The van der Waals surface area contributed by atoms with Gasteiger partial charge in [0, 0.05) is 5.02 Å². The number of halogens is 1. The van der Waals surface area contributed by atoms with Crippen LogP contribution >= 0.6 is 11.6 Å². The predicted molar refractivity (Wildman–Crippen MR) is 104 cm³/mol. The molecule has 28 heavy (non-hydrogen) atoms. The number of nitrogens with one attached hydrogen (secondary N) is 1. The third-order valence-electron chi connectivity index (χ3n) is 3.84. The number of esters is 2. The Morgan fingerprint density at radius 3 is 2.36 bits per heavy atom. The van der Waals surface area contributed by atoms with Crippen LogP contribution in [-0.2, 0) is 14.3 Å². The second kappa shape index (κ2) is 9.75. The second-order valence-electron chi connectivity index (χ2n) is 5.70. The van der Waals surface area contributed by atoms with Crippen molar-refractivity contribution >= 4 is 35.1 Å². The van der Waals surface area contributed by atoms with E-state index in [4.69, 9.17) is 21.1 Å². The molecule has 0 heterocycles. The van der Waals surface area contributed by atoms with E-state index in [1.807, 2.05) is 0 Å². The molecule has 148 valence electrons. The first-order chi connectivity index (χ1) is 13.4. The maximum atomic E-state index is 12.7. The Morgan fingerprint density at radius 1 is 1.04 bits per heavy atom. The molecule has 1 atom stereocenters. The lowest BCUT2D eigenvalue weighted by Gasteiger charge is -2.18. The Balaban J connectivity index is 2.28. The third kappa shape index (κ3) is 5.23. The van der Waals surface area contributed by atoms with Gasteiger partial charge in [0.25, 0.3) is 5.91 Å². The van der Waals surface area contributed by atoms with Crippen LogP contribution in [0.4, 0.5) is 5.69 Å². The molecule has 8 heteroatoms. The first-order valence-corrected chi connectivity index (χ1v) is 8.81. The number of anilines is 1. The molecule has 2 aromatic carbocycles. The largest absolute Gasteiger partial charge is 0.481 e. The van der Waals surface area contributed by atoms with Gasteiger partial charge in [-0.25, -0.2) is 9.59 Å². The Labute approximate surface area is 167 Å². The molecular formula is C20H20ClNO6. The molecule has 0 aromatic heterocycles. The van der Waals surface area contributed by atoms with Crippen molar-refractivity contribution in [3.8, 4) is 5.75 Å². The topological polar surface area (TPSA) is 90.9 Å². The Bertz CT molecular complexity index is 883. The van der Waals surface area contributed by atoms with E-state index >= 15 is 0 Å². The smallest absolute Gasteiger partial charge is 0.339 e. The van der Waals surface area contributed by atoms with Gasteiger partial charge in [-0.3, -0.25) is 4.79 Å². The maximum Gasteiger partial charge on any atom is 0.339 e. The highest BCUT2D eigenvalue weighted by Crippen LogP contribution is 2.22. The SMILES string of the molecule is CCC(Oc1cccc(Cl)c1)C(=O)Nc1cc(C(=O)OC)ccc1C(=O)OC. The lowest BCUT2D eigenvalue weighted by atomic mass is 10.1. The molecule has 0 spiro atoms. The molecule has 1 amide bonds. The third-order valence-corrected chi connectivity index (χ3v) is 4.08. The summed E-state index contributed by atoms with van der Waals surface area (Å²) in [6.45, 7) is 1.78. The van der Waals surface area contributed by atoms with Crippen LogP contribution in [-0.4, -0.2) is 38.2 Å². The summed E-state index contributed by atoms with van der Waals surface area (Å²) in [5.41, 5.74) is 0.392. The summed E-state index contributed by atoms with van der Waals surface area (Å²) < 4.78 is 15.1. The number of rotatable bonds is 7. The molecule has 1 N–H and O–H groups in total. The highest BCUT2D eigenvalue weighted by Gasteiger charge is 2.22. The van der Waals surface area contributed by atoms with Gasteiger partial charge >= 0.3 is 11.9 Å². The molecule has 1 unspecified atom stereocenters. The fourth-order valence-corrected chi connectivity index (χ4v) is 2.60. The molecule has 7 nitrogen and oxygen atoms in total. The number of benzene rings is 2. The van der Waals surface area contributed by atoms with Crippen LogP contribution in [0.1, 0.15) is 34.1 Å². The second-order valence-corrected chi connectivity index (χ2v) is 6.14. The van der Waals surface area contributed by atoms with Crippen LogP contribution in [0.15, 0.2) is 42.5 Å². The molecule has 0 bridgehead atoms. The van der Waals surface area contributed by atoms with E-state index in [2.05, 4.69) is 10.1 Å². The molecule has 0 aliphatic carbocycles. The Morgan fingerprint density at radius 2 is 1.75 bits per heavy atom. The van der Waals surface area contributed by atoms with Gasteiger partial charge in [-0.15, -0.1) is 0 Å². The van der Waals surface area contributed by atoms with E-state index in [9.17, 15) is 14.4 Å². The van der Waals surface area contributed by atoms with Crippen molar-refractivity contribution in [3.63, 3.8) is 0 Å². The van der Waals surface area contributed by atoms with Crippen molar-refractivity contribution in [2.45, 2.75) is 19.4 Å². The average Bonchev–Trinajstić information content (AvgIpc) is 2.70. The standard InChI is InChI=1S/C20H20ClNO6/c1-4-17(28-14-7-5-6-13(21)11-14)18(23)22-16-10-12(19(24)26-2)8-9-15(16)20(25)27-3/h5-11,17H,4H2,1-3H3,(H,22,23). The van der Waals surface area contributed by atoms with Crippen LogP contribution in [0.5, 0.6) is 5.75 Å². The van der Waals surface area contributed by atoms with Crippen LogP contribution in [0, 0.1) is 0 Å². The van der Waals surface area contributed by atoms with E-state index < -0.39 is 23.9 Å². The van der Waals surface area contributed by atoms with E-state index in [1.54, 1.807) is 31.2 Å². The summed E-state index contributed by atoms with van der Waals surface area (Å²) in [7, 11) is 2.46. The van der Waals surface area contributed by atoms with E-state index in [1.165, 1.54) is 32.4 Å². The van der Waals surface area contributed by atoms with E-state index in [0.717, 1.165) is 0 Å². The molecule has 0 aliphatic heterocycles. The zero-order valence-corrected chi connectivity index (χ0v) is 16.4. The summed E-state index contributed by atoms with van der Waals surface area (Å²) in [5, 5.41) is 3.10. The molecule has 0 saturated heterocycles. The number of hydrogen-bond donors (Lipinski definition) is 1. The van der Waals surface area contributed by atoms with Gasteiger partial charge in [-0.1, -0.05) is 24.6 Å². The minimum atomic E-state index is -0.842. The van der Waals surface area contributed by atoms with Crippen LogP contribution in [0.2, 0.25) is 5.02 Å². The normalized spacial score (nSPS) is 11.3. The number of amides is 1. The highest BCUT2D eigenvalue weighted by molar-refractivity contribution is 6.30. The van der Waals surface area contributed by atoms with Crippen molar-refractivity contribution in [3.05, 3.63) is 58.6 Å². The summed E-state index contributed by atoms with van der Waals surface area (Å²) in [6, 6.07) is 10.8. The fourth-order valence-electron chi connectivity index (χ4n) is 2.42. The number of carbonyl (C=O) groups excluding carboxylic acids is 3. The molecule has 0 saturated carbocycles. The highest BCUT2D eigenvalue weighted by atomic mass is 35.5. The van der Waals surface area contributed by atoms with Crippen molar-refractivity contribution in [1.29, 1.82) is 0 Å². The quantitative estimate of drug-likeness (QED) is 0.706. The van der Waals surface area contributed by atoms with Gasteiger partial charge < -0.3 is 19.5 Å². The van der Waals surface area contributed by atoms with Gasteiger partial charge in [-0.05, 0) is 42.8 Å². The first kappa shape index (κ1) is 21.2. The van der Waals surface area contributed by atoms with Crippen molar-refractivity contribution < 1.29 is 28.6 Å². The van der Waals surface area contributed by atoms with Crippen molar-refractivity contribution in [1.82, 2.24) is 0 Å². The van der Waals surface area contributed by atoms with Gasteiger partial charge in [0.2, 0.25) is 0 Å². The molecule has 2 rings (SSSR count). The maximum absolute atomic E-state index is 12.7. The number of methoxy groups -OCH3 is 2. The number of hydrogen-bond acceptors (Lipinski definition) is 6. The predicted octanol–water partition coefficient (Wildman–Crippen LogP) is 3.71. The zero-order chi connectivity index (χ0) is 20.7. The van der Waals surface area contributed by atoms with E-state index in [-0.39, 0.29) is 16.8 Å². The fraction of sp³-hybridized carbons (Fsp3) is 0.250. The van der Waals surface area contributed by atoms with Gasteiger partial charge in [0.1, 0.15) is 5.75 Å². The number of ether oxygens (including phenoxy) is 3. The van der Waals surface area contributed by atoms with E-state index in [0.29, 0.717) is 17.2 Å². The molecule has 0 fully saturated rings. The Hall–Kier alpha value is -3.06. The minimum absolute atomic E-state index is 0.0983. The zero-order valence-electron chi connectivity index (χ0n) is 15.7. The van der Waals surface area contributed by atoms with Gasteiger partial charge in [0.05, 0.1) is 31.0 Å². The first-order valence-electron chi connectivity index (χ1n) is 8.43. The van der Waals surface area contributed by atoms with Crippen molar-refractivity contribution in [2.75, 3.05) is 19.5 Å². The van der Waals surface area contributed by atoms with Crippen molar-refractivity contribution in [2.24, 2.45) is 0 Å².